The Kier molecular flexibility index (Phi) is 4.72. The molecular formula is C9H9N. The van der Waals surface area contributed by atoms with E-state index in [2.05, 4.69) is 24.4 Å². The molecule has 1 aromatic rings. The van der Waals surface area contributed by atoms with Gasteiger partial charge in [0.25, 0.3) is 0 Å². The lowest BCUT2D eigenvalue weighted by atomic mass is 10.4. The van der Waals surface area contributed by atoms with Gasteiger partial charge >= 0.3 is 0 Å². The van der Waals surface area contributed by atoms with Crippen LogP contribution in [0.3, 0.4) is 0 Å². The van der Waals surface area contributed by atoms with E-state index in [1.807, 2.05) is 18.2 Å². The van der Waals surface area contributed by atoms with E-state index < -0.39 is 0 Å². The molecule has 1 heterocycles. The largest absolute Gasteiger partial charge is 0.257 e. The highest BCUT2D eigenvalue weighted by Crippen LogP contribution is 1.91. The van der Waals surface area contributed by atoms with Gasteiger partial charge in [-0.2, -0.15) is 0 Å². The van der Waals surface area contributed by atoms with Gasteiger partial charge < -0.3 is 0 Å². The maximum absolute atomic E-state index is 4.00. The maximum Gasteiger partial charge on any atom is 0.0623 e. The first-order chi connectivity index (χ1) is 4.93. The van der Waals surface area contributed by atoms with Crippen LogP contribution in [0.25, 0.3) is 6.08 Å². The number of nitrogens with zero attached hydrogens (tertiary/aromatic N) is 1. The molecule has 0 atom stereocenters. The molecule has 0 saturated heterocycles. The zero-order valence-electron chi connectivity index (χ0n) is 5.70. The molecule has 50 valence electrons. The van der Waals surface area contributed by atoms with Crippen molar-refractivity contribution in [2.24, 2.45) is 0 Å². The van der Waals surface area contributed by atoms with E-state index in [9.17, 15) is 0 Å². The lowest BCUT2D eigenvalue weighted by molar-refractivity contribution is 1.30. The summed E-state index contributed by atoms with van der Waals surface area (Å²) < 4.78 is 0. The van der Waals surface area contributed by atoms with Gasteiger partial charge in [0.2, 0.25) is 0 Å². The van der Waals surface area contributed by atoms with E-state index in [0.29, 0.717) is 0 Å². The van der Waals surface area contributed by atoms with Gasteiger partial charge in [0.05, 0.1) is 5.69 Å². The second-order valence-corrected chi connectivity index (χ2v) is 1.46. The van der Waals surface area contributed by atoms with Crippen molar-refractivity contribution in [3.63, 3.8) is 0 Å². The third-order valence-electron chi connectivity index (χ3n) is 0.897. The Balaban J connectivity index is 0.000000371. The van der Waals surface area contributed by atoms with Crippen molar-refractivity contribution in [1.82, 2.24) is 4.98 Å². The van der Waals surface area contributed by atoms with Crippen LogP contribution in [0.5, 0.6) is 0 Å². The molecule has 0 aliphatic heterocycles. The Labute approximate surface area is 61.4 Å². The average Bonchev–Trinajstić information content (AvgIpc) is 2.10. The minimum Gasteiger partial charge on any atom is -0.257 e. The number of hydrogen-bond acceptors (Lipinski definition) is 1. The van der Waals surface area contributed by atoms with Crippen molar-refractivity contribution in [3.8, 4) is 12.8 Å². The average molecular weight is 131 g/mol. The van der Waals surface area contributed by atoms with Crippen molar-refractivity contribution < 1.29 is 0 Å². The number of aromatic nitrogens is 1. The second kappa shape index (κ2) is 5.58. The highest BCUT2D eigenvalue weighted by molar-refractivity contribution is 5.40. The molecule has 0 fully saturated rings. The summed E-state index contributed by atoms with van der Waals surface area (Å²) in [5, 5.41) is 0. The minimum atomic E-state index is 0.924. The highest BCUT2D eigenvalue weighted by Gasteiger charge is 1.77. The fourth-order valence-corrected chi connectivity index (χ4v) is 0.497. The van der Waals surface area contributed by atoms with Crippen molar-refractivity contribution in [3.05, 3.63) is 36.7 Å². The van der Waals surface area contributed by atoms with Crippen molar-refractivity contribution in [2.45, 2.75) is 0 Å². The molecule has 0 unspecified atom stereocenters. The standard InChI is InChI=1S/C7H7N.C2H2/c1-2-7-5-3-4-6-8-7;1-2/h2-6H,1H2;1-2H. The maximum atomic E-state index is 4.00. The zero-order valence-corrected chi connectivity index (χ0v) is 5.70. The predicted octanol–water partition coefficient (Wildman–Crippen LogP) is 1.97. The normalized spacial score (nSPS) is 7.00. The van der Waals surface area contributed by atoms with Crippen LogP contribution in [0.2, 0.25) is 0 Å². The van der Waals surface area contributed by atoms with E-state index in [1.54, 1.807) is 12.3 Å². The van der Waals surface area contributed by atoms with Gasteiger partial charge in [-0.1, -0.05) is 12.6 Å². The van der Waals surface area contributed by atoms with Crippen LogP contribution in [0, 0.1) is 12.8 Å². The molecular weight excluding hydrogens is 122 g/mol. The van der Waals surface area contributed by atoms with Crippen LogP contribution in [-0.4, -0.2) is 4.98 Å². The smallest absolute Gasteiger partial charge is 0.0623 e. The number of hydrogen-bond donors (Lipinski definition) is 0. The van der Waals surface area contributed by atoms with Crippen LogP contribution in [0.4, 0.5) is 0 Å². The second-order valence-electron chi connectivity index (χ2n) is 1.46. The Bertz CT molecular complexity index is 198. The molecule has 0 spiro atoms. The first kappa shape index (κ1) is 8.45. The lowest BCUT2D eigenvalue weighted by Gasteiger charge is -1.84. The van der Waals surface area contributed by atoms with E-state index in [4.69, 9.17) is 0 Å². The molecule has 0 amide bonds. The van der Waals surface area contributed by atoms with Gasteiger partial charge in [-0.25, -0.2) is 0 Å². The summed E-state index contributed by atoms with van der Waals surface area (Å²) >= 11 is 0. The van der Waals surface area contributed by atoms with Crippen molar-refractivity contribution in [1.29, 1.82) is 0 Å². The fourth-order valence-electron chi connectivity index (χ4n) is 0.497. The van der Waals surface area contributed by atoms with Gasteiger partial charge in [0, 0.05) is 6.20 Å². The molecule has 0 aliphatic rings. The molecule has 0 aliphatic carbocycles. The van der Waals surface area contributed by atoms with Crippen LogP contribution >= 0.6 is 0 Å². The minimum absolute atomic E-state index is 0.924. The molecule has 0 bridgehead atoms. The predicted molar refractivity (Wildman–Crippen MR) is 44.2 cm³/mol. The number of rotatable bonds is 1. The molecule has 1 nitrogen and oxygen atoms in total. The van der Waals surface area contributed by atoms with E-state index in [0.717, 1.165) is 5.69 Å². The SMILES string of the molecule is C#C.C=Cc1ccccn1. The number of terminal acetylenes is 1. The zero-order chi connectivity index (χ0) is 7.82. The molecule has 1 heteroatoms. The quantitative estimate of drug-likeness (QED) is 0.531. The summed E-state index contributed by atoms with van der Waals surface area (Å²) in [7, 11) is 0. The van der Waals surface area contributed by atoms with Crippen LogP contribution in [-0.2, 0) is 0 Å². The van der Waals surface area contributed by atoms with Crippen LogP contribution in [0.15, 0.2) is 31.0 Å². The molecule has 1 aromatic heterocycles. The molecule has 10 heavy (non-hydrogen) atoms. The highest BCUT2D eigenvalue weighted by atomic mass is 14.6. The first-order valence-electron chi connectivity index (χ1n) is 2.80. The third kappa shape index (κ3) is 2.68. The van der Waals surface area contributed by atoms with Gasteiger partial charge in [-0.05, 0) is 18.2 Å². The van der Waals surface area contributed by atoms with Crippen LogP contribution < -0.4 is 0 Å². The Morgan fingerprint density at radius 1 is 1.40 bits per heavy atom. The molecule has 0 aromatic carbocycles. The Morgan fingerprint density at radius 3 is 2.40 bits per heavy atom. The van der Waals surface area contributed by atoms with E-state index >= 15 is 0 Å². The monoisotopic (exact) mass is 131 g/mol. The summed E-state index contributed by atoms with van der Waals surface area (Å²) in [5.41, 5.74) is 0.924. The topological polar surface area (TPSA) is 12.9 Å². The summed E-state index contributed by atoms with van der Waals surface area (Å²) in [6.07, 6.45) is 11.5. The Morgan fingerprint density at radius 2 is 2.10 bits per heavy atom. The summed E-state index contributed by atoms with van der Waals surface area (Å²) in [4.78, 5) is 3.98. The molecule has 1 rings (SSSR count). The van der Waals surface area contributed by atoms with Gasteiger partial charge in [-0.15, -0.1) is 12.8 Å². The number of pyridine rings is 1. The van der Waals surface area contributed by atoms with Gasteiger partial charge in [0.1, 0.15) is 0 Å². The summed E-state index contributed by atoms with van der Waals surface area (Å²) in [6.45, 7) is 3.57. The van der Waals surface area contributed by atoms with Gasteiger partial charge in [-0.3, -0.25) is 4.98 Å². The summed E-state index contributed by atoms with van der Waals surface area (Å²) in [5.74, 6) is 0. The van der Waals surface area contributed by atoms with Crippen LogP contribution in [0.1, 0.15) is 5.69 Å². The fraction of sp³-hybridized carbons (Fsp3) is 0. The Hall–Kier alpha value is -1.55. The van der Waals surface area contributed by atoms with Gasteiger partial charge in [0.15, 0.2) is 0 Å². The first-order valence-corrected chi connectivity index (χ1v) is 2.80. The molecule has 0 radical (unpaired) electrons. The van der Waals surface area contributed by atoms with Crippen molar-refractivity contribution in [2.75, 3.05) is 0 Å². The summed E-state index contributed by atoms with van der Waals surface area (Å²) in [6, 6.07) is 5.73. The lowest BCUT2D eigenvalue weighted by Crippen LogP contribution is -1.73. The van der Waals surface area contributed by atoms with E-state index in [-0.39, 0.29) is 0 Å². The third-order valence-corrected chi connectivity index (χ3v) is 0.897. The van der Waals surface area contributed by atoms with E-state index in [1.165, 1.54) is 0 Å². The molecule has 0 N–H and O–H groups in total. The van der Waals surface area contributed by atoms with Crippen molar-refractivity contribution >= 4 is 6.08 Å². The molecule has 0 saturated carbocycles.